The van der Waals surface area contributed by atoms with E-state index in [0.717, 1.165) is 50.3 Å². The second kappa shape index (κ2) is 10.9. The first-order valence-corrected chi connectivity index (χ1v) is 10.8. The Morgan fingerprint density at radius 3 is 2.73 bits per heavy atom. The van der Waals surface area contributed by atoms with Crippen molar-refractivity contribution in [1.29, 1.82) is 0 Å². The maximum atomic E-state index is 12.8. The molecule has 0 spiro atoms. The van der Waals surface area contributed by atoms with Crippen molar-refractivity contribution in [2.24, 2.45) is 0 Å². The van der Waals surface area contributed by atoms with Gasteiger partial charge < -0.3 is 24.7 Å². The minimum absolute atomic E-state index is 0.0678. The topological polar surface area (TPSA) is 69.8 Å². The third-order valence-electron chi connectivity index (χ3n) is 5.56. The van der Waals surface area contributed by atoms with Gasteiger partial charge in [-0.1, -0.05) is 0 Å². The number of rotatable bonds is 8. The molecule has 7 nitrogen and oxygen atoms in total. The summed E-state index contributed by atoms with van der Waals surface area (Å²) in [5, 5.41) is 4.92. The number of hydrogen-bond donors (Lipinski definition) is 2. The fourth-order valence-electron chi connectivity index (χ4n) is 3.56. The minimum Gasteiger partial charge on any atom is -0.383 e. The number of morpholine rings is 1. The Bertz CT molecular complexity index is 924. The fraction of sp³-hybridized carbons (Fsp3) is 0.545. The van der Waals surface area contributed by atoms with Crippen LogP contribution in [0.5, 0.6) is 0 Å². The van der Waals surface area contributed by atoms with Crippen LogP contribution in [0.1, 0.15) is 16.7 Å². The summed E-state index contributed by atoms with van der Waals surface area (Å²) in [4.78, 5) is 20.2. The van der Waals surface area contributed by atoms with Gasteiger partial charge in [0, 0.05) is 50.9 Å². The van der Waals surface area contributed by atoms with Gasteiger partial charge >= 0.3 is 0 Å². The first kappa shape index (κ1) is 22.7. The lowest BCUT2D eigenvalue weighted by Crippen LogP contribution is -2.46. The molecule has 2 heterocycles. The lowest BCUT2D eigenvalue weighted by molar-refractivity contribution is 0.0357. The minimum atomic E-state index is -0.0678. The molecule has 0 aliphatic carbocycles. The van der Waals surface area contributed by atoms with Crippen molar-refractivity contribution in [3.8, 4) is 0 Å². The second-order valence-corrected chi connectivity index (χ2v) is 8.13. The van der Waals surface area contributed by atoms with Gasteiger partial charge in [0.2, 0.25) is 0 Å². The van der Waals surface area contributed by atoms with E-state index in [-0.39, 0.29) is 5.56 Å². The van der Waals surface area contributed by atoms with Crippen LogP contribution < -0.4 is 10.9 Å². The molecule has 1 fully saturated rings. The van der Waals surface area contributed by atoms with Gasteiger partial charge in [-0.2, -0.15) is 0 Å². The van der Waals surface area contributed by atoms with E-state index in [1.165, 1.54) is 11.1 Å². The maximum absolute atomic E-state index is 12.8. The van der Waals surface area contributed by atoms with Crippen molar-refractivity contribution in [2.75, 3.05) is 59.7 Å². The predicted molar refractivity (Wildman–Crippen MR) is 124 cm³/mol. The summed E-state index contributed by atoms with van der Waals surface area (Å²) in [5.74, 6) is 0. The van der Waals surface area contributed by atoms with Gasteiger partial charge in [0.05, 0.1) is 26.4 Å². The number of benzene rings is 1. The molecule has 3 rings (SSSR count). The third-order valence-corrected chi connectivity index (χ3v) is 5.96. The van der Waals surface area contributed by atoms with Crippen molar-refractivity contribution in [3.05, 3.63) is 45.2 Å². The van der Waals surface area contributed by atoms with Gasteiger partial charge in [0.25, 0.3) is 5.56 Å². The number of methoxy groups -OCH3 is 1. The van der Waals surface area contributed by atoms with E-state index in [2.05, 4.69) is 40.0 Å². The molecule has 2 aromatic rings. The Kier molecular flexibility index (Phi) is 8.21. The average Bonchev–Trinajstić information content (AvgIpc) is 2.73. The van der Waals surface area contributed by atoms with Gasteiger partial charge in [-0.05, 0) is 60.8 Å². The van der Waals surface area contributed by atoms with Crippen molar-refractivity contribution >= 4 is 28.2 Å². The highest BCUT2D eigenvalue weighted by molar-refractivity contribution is 7.80. The van der Waals surface area contributed by atoms with Crippen LogP contribution in [0.2, 0.25) is 0 Å². The second-order valence-electron chi connectivity index (χ2n) is 7.75. The van der Waals surface area contributed by atoms with E-state index in [0.29, 0.717) is 30.4 Å². The van der Waals surface area contributed by atoms with E-state index in [9.17, 15) is 4.79 Å². The summed E-state index contributed by atoms with van der Waals surface area (Å²) in [5.41, 5.74) is 3.89. The van der Waals surface area contributed by atoms with Crippen molar-refractivity contribution in [1.82, 2.24) is 20.1 Å². The summed E-state index contributed by atoms with van der Waals surface area (Å²) in [6, 6.07) is 6.14. The molecule has 1 aromatic heterocycles. The number of ether oxygens (including phenoxy) is 2. The highest BCUT2D eigenvalue weighted by Gasteiger charge is 2.16. The monoisotopic (exact) mass is 432 g/mol. The number of H-pyrrole nitrogens is 1. The maximum Gasteiger partial charge on any atom is 0.253 e. The summed E-state index contributed by atoms with van der Waals surface area (Å²) >= 11 is 5.64. The Hall–Kier alpha value is -2.00. The summed E-state index contributed by atoms with van der Waals surface area (Å²) < 4.78 is 10.6. The first-order chi connectivity index (χ1) is 14.5. The number of aromatic nitrogens is 1. The highest BCUT2D eigenvalue weighted by atomic mass is 32.1. The van der Waals surface area contributed by atoms with Crippen LogP contribution in [-0.4, -0.2) is 79.6 Å². The van der Waals surface area contributed by atoms with Crippen LogP contribution >= 0.6 is 12.2 Å². The molecule has 1 aliphatic heterocycles. The van der Waals surface area contributed by atoms with Gasteiger partial charge in [0.1, 0.15) is 0 Å². The lowest BCUT2D eigenvalue weighted by atomic mass is 10.0. The number of pyridine rings is 1. The zero-order valence-corrected chi connectivity index (χ0v) is 18.9. The van der Waals surface area contributed by atoms with Crippen molar-refractivity contribution in [3.63, 3.8) is 0 Å². The van der Waals surface area contributed by atoms with Gasteiger partial charge in [-0.3, -0.25) is 9.69 Å². The summed E-state index contributed by atoms with van der Waals surface area (Å²) in [6.45, 7) is 10.8. The zero-order valence-electron chi connectivity index (χ0n) is 18.1. The largest absolute Gasteiger partial charge is 0.383 e. The number of fused-ring (bicyclic) bond motifs is 1. The summed E-state index contributed by atoms with van der Waals surface area (Å²) in [7, 11) is 1.67. The Morgan fingerprint density at radius 1 is 1.27 bits per heavy atom. The van der Waals surface area contributed by atoms with Gasteiger partial charge in [-0.25, -0.2) is 0 Å². The van der Waals surface area contributed by atoms with E-state index in [4.69, 9.17) is 21.7 Å². The molecule has 2 N–H and O–H groups in total. The Labute approximate surface area is 183 Å². The smallest absolute Gasteiger partial charge is 0.253 e. The third kappa shape index (κ3) is 6.01. The quantitative estimate of drug-likeness (QED) is 0.487. The SMILES string of the molecule is COCCNC(=S)N(CCN1CCOCC1)Cc1cc2cc(C)c(C)cc2[nH]c1=O. The average molecular weight is 433 g/mol. The molecular formula is C22H32N4O3S. The van der Waals surface area contributed by atoms with Gasteiger partial charge in [0.15, 0.2) is 5.11 Å². The molecule has 0 bridgehead atoms. The van der Waals surface area contributed by atoms with Crippen molar-refractivity contribution in [2.45, 2.75) is 20.4 Å². The summed E-state index contributed by atoms with van der Waals surface area (Å²) in [6.07, 6.45) is 0. The van der Waals surface area contributed by atoms with Crippen molar-refractivity contribution < 1.29 is 9.47 Å². The number of thiocarbonyl (C=S) groups is 1. The molecule has 0 atom stereocenters. The number of aryl methyl sites for hydroxylation is 2. The van der Waals surface area contributed by atoms with E-state index >= 15 is 0 Å². The van der Waals surface area contributed by atoms with Crippen LogP contribution in [0, 0.1) is 13.8 Å². The van der Waals surface area contributed by atoms with Gasteiger partial charge in [-0.15, -0.1) is 0 Å². The molecule has 0 radical (unpaired) electrons. The van der Waals surface area contributed by atoms with Crippen LogP contribution in [0.25, 0.3) is 10.9 Å². The standard InChI is InChI=1S/C22H32N4O3S/c1-16-12-18-14-19(21(27)24-20(18)13-17(16)2)15-26(22(30)23-4-9-28-3)6-5-25-7-10-29-11-8-25/h12-14H,4-11,15H2,1-3H3,(H,23,30)(H,24,27). The van der Waals surface area contributed by atoms with E-state index in [1.807, 2.05) is 12.1 Å². The molecule has 164 valence electrons. The Morgan fingerprint density at radius 2 is 2.00 bits per heavy atom. The van der Waals surface area contributed by atoms with E-state index < -0.39 is 0 Å². The molecular weight excluding hydrogens is 400 g/mol. The van der Waals surface area contributed by atoms with E-state index in [1.54, 1.807) is 7.11 Å². The highest BCUT2D eigenvalue weighted by Crippen LogP contribution is 2.18. The first-order valence-electron chi connectivity index (χ1n) is 10.4. The molecule has 0 saturated carbocycles. The number of nitrogens with one attached hydrogen (secondary N) is 2. The number of nitrogens with zero attached hydrogens (tertiary/aromatic N) is 2. The number of hydrogen-bond acceptors (Lipinski definition) is 5. The van der Waals surface area contributed by atoms with Crippen LogP contribution in [-0.2, 0) is 16.0 Å². The molecule has 30 heavy (non-hydrogen) atoms. The zero-order chi connectivity index (χ0) is 21.5. The van der Waals surface area contributed by atoms with Crippen LogP contribution in [0.15, 0.2) is 23.0 Å². The van der Waals surface area contributed by atoms with Crippen LogP contribution in [0.4, 0.5) is 0 Å². The molecule has 1 aliphatic rings. The fourth-order valence-corrected chi connectivity index (χ4v) is 3.81. The molecule has 1 saturated heterocycles. The Balaban J connectivity index is 1.77. The normalized spacial score (nSPS) is 14.8. The molecule has 1 aromatic carbocycles. The van der Waals surface area contributed by atoms with Crippen LogP contribution in [0.3, 0.4) is 0 Å². The number of aromatic amines is 1. The molecule has 8 heteroatoms. The predicted octanol–water partition coefficient (Wildman–Crippen LogP) is 1.80. The molecule has 0 amide bonds. The molecule has 0 unspecified atom stereocenters. The lowest BCUT2D eigenvalue weighted by Gasteiger charge is -2.31.